The number of benzene rings is 1. The van der Waals surface area contributed by atoms with Gasteiger partial charge < -0.3 is 15.4 Å². The molecule has 0 radical (unpaired) electrons. The van der Waals surface area contributed by atoms with E-state index in [1.165, 1.54) is 0 Å². The first-order chi connectivity index (χ1) is 8.22. The van der Waals surface area contributed by atoms with E-state index in [0.29, 0.717) is 12.2 Å². The molecule has 0 heterocycles. The minimum absolute atomic E-state index is 0.0532. The molecule has 0 bridgehead atoms. The molecule has 0 saturated heterocycles. The second-order valence-electron chi connectivity index (χ2n) is 3.83. The van der Waals surface area contributed by atoms with Gasteiger partial charge in [-0.15, -0.1) is 0 Å². The van der Waals surface area contributed by atoms with E-state index in [1.54, 1.807) is 20.2 Å². The van der Waals surface area contributed by atoms with Gasteiger partial charge in [-0.3, -0.25) is 4.79 Å². The standard InChI is InChI=1S/C13H20N2O2/c1-4-10(9-17-3)15-13(16)11-7-5-6-8-12(11)14-2/h5-8,10,14H,4,9H2,1-3H3,(H,15,16). The summed E-state index contributed by atoms with van der Waals surface area (Å²) in [4.78, 5) is 12.1. The van der Waals surface area contributed by atoms with Crippen molar-refractivity contribution in [3.8, 4) is 0 Å². The van der Waals surface area contributed by atoms with Crippen LogP contribution in [0.1, 0.15) is 23.7 Å². The van der Waals surface area contributed by atoms with Gasteiger partial charge in [0.2, 0.25) is 0 Å². The summed E-state index contributed by atoms with van der Waals surface area (Å²) in [5, 5.41) is 5.96. The van der Waals surface area contributed by atoms with Gasteiger partial charge in [-0.1, -0.05) is 19.1 Å². The van der Waals surface area contributed by atoms with Gasteiger partial charge in [-0.25, -0.2) is 0 Å². The third-order valence-electron chi connectivity index (χ3n) is 2.64. The molecule has 1 amide bonds. The largest absolute Gasteiger partial charge is 0.387 e. The Labute approximate surface area is 102 Å². The first kappa shape index (κ1) is 13.5. The Morgan fingerprint density at radius 3 is 2.71 bits per heavy atom. The number of amides is 1. The Hall–Kier alpha value is -1.55. The van der Waals surface area contributed by atoms with E-state index in [1.807, 2.05) is 25.1 Å². The first-order valence-electron chi connectivity index (χ1n) is 5.79. The number of hydrogen-bond donors (Lipinski definition) is 2. The number of carbonyl (C=O) groups is 1. The number of nitrogens with one attached hydrogen (secondary N) is 2. The summed E-state index contributed by atoms with van der Waals surface area (Å²) in [6.07, 6.45) is 0.849. The lowest BCUT2D eigenvalue weighted by Gasteiger charge is -2.17. The van der Waals surface area contributed by atoms with Gasteiger partial charge in [0.05, 0.1) is 18.2 Å². The van der Waals surface area contributed by atoms with Gasteiger partial charge >= 0.3 is 0 Å². The first-order valence-corrected chi connectivity index (χ1v) is 5.79. The molecule has 4 nitrogen and oxygen atoms in total. The molecule has 94 valence electrons. The number of hydrogen-bond acceptors (Lipinski definition) is 3. The average molecular weight is 236 g/mol. The van der Waals surface area contributed by atoms with Crippen LogP contribution in [0.2, 0.25) is 0 Å². The van der Waals surface area contributed by atoms with Crippen molar-refractivity contribution in [3.05, 3.63) is 29.8 Å². The summed E-state index contributed by atoms with van der Waals surface area (Å²) in [5.41, 5.74) is 1.49. The highest BCUT2D eigenvalue weighted by Crippen LogP contribution is 2.14. The molecule has 0 aliphatic rings. The number of ether oxygens (including phenoxy) is 1. The topological polar surface area (TPSA) is 50.4 Å². The van der Waals surface area contributed by atoms with E-state index in [4.69, 9.17) is 4.74 Å². The van der Waals surface area contributed by atoms with Crippen LogP contribution in [0.25, 0.3) is 0 Å². The molecule has 0 aromatic heterocycles. The average Bonchev–Trinajstić information content (AvgIpc) is 2.38. The molecule has 1 atom stereocenters. The smallest absolute Gasteiger partial charge is 0.253 e. The van der Waals surface area contributed by atoms with E-state index in [-0.39, 0.29) is 11.9 Å². The highest BCUT2D eigenvalue weighted by Gasteiger charge is 2.14. The Kier molecular flexibility index (Phi) is 5.49. The lowest BCUT2D eigenvalue weighted by atomic mass is 10.1. The number of methoxy groups -OCH3 is 1. The van der Waals surface area contributed by atoms with Crippen molar-refractivity contribution in [1.29, 1.82) is 0 Å². The summed E-state index contributed by atoms with van der Waals surface area (Å²) < 4.78 is 5.06. The van der Waals surface area contributed by atoms with Crippen LogP contribution >= 0.6 is 0 Å². The maximum absolute atomic E-state index is 12.1. The molecule has 1 unspecified atom stereocenters. The maximum atomic E-state index is 12.1. The quantitative estimate of drug-likeness (QED) is 0.793. The summed E-state index contributed by atoms with van der Waals surface area (Å²) in [6, 6.07) is 7.49. The minimum Gasteiger partial charge on any atom is -0.387 e. The second-order valence-corrected chi connectivity index (χ2v) is 3.83. The predicted molar refractivity (Wildman–Crippen MR) is 69.4 cm³/mol. The highest BCUT2D eigenvalue weighted by atomic mass is 16.5. The van der Waals surface area contributed by atoms with E-state index in [0.717, 1.165) is 12.1 Å². The lowest BCUT2D eigenvalue weighted by Crippen LogP contribution is -2.37. The molecule has 1 aromatic carbocycles. The zero-order chi connectivity index (χ0) is 12.7. The van der Waals surface area contributed by atoms with Gasteiger partial charge in [-0.2, -0.15) is 0 Å². The Balaban J connectivity index is 2.75. The molecule has 0 aliphatic heterocycles. The van der Waals surface area contributed by atoms with Crippen molar-refractivity contribution in [2.45, 2.75) is 19.4 Å². The fourth-order valence-corrected chi connectivity index (χ4v) is 1.63. The van der Waals surface area contributed by atoms with Crippen LogP contribution in [-0.4, -0.2) is 32.7 Å². The van der Waals surface area contributed by atoms with Crippen LogP contribution < -0.4 is 10.6 Å². The second kappa shape index (κ2) is 6.91. The summed E-state index contributed by atoms with van der Waals surface area (Å²) >= 11 is 0. The number of rotatable bonds is 6. The van der Waals surface area contributed by atoms with Crippen LogP contribution in [0.4, 0.5) is 5.69 Å². The van der Waals surface area contributed by atoms with Crippen molar-refractivity contribution >= 4 is 11.6 Å². The molecule has 2 N–H and O–H groups in total. The van der Waals surface area contributed by atoms with Crippen molar-refractivity contribution in [1.82, 2.24) is 5.32 Å². The van der Waals surface area contributed by atoms with Crippen LogP contribution in [0.5, 0.6) is 0 Å². The number of para-hydroxylation sites is 1. The third kappa shape index (κ3) is 3.75. The van der Waals surface area contributed by atoms with Crippen LogP contribution in [0.15, 0.2) is 24.3 Å². The highest BCUT2D eigenvalue weighted by molar-refractivity contribution is 5.99. The van der Waals surface area contributed by atoms with E-state index < -0.39 is 0 Å². The van der Waals surface area contributed by atoms with Gasteiger partial charge in [0.1, 0.15) is 0 Å². The van der Waals surface area contributed by atoms with Crippen molar-refractivity contribution in [3.63, 3.8) is 0 Å². The zero-order valence-electron chi connectivity index (χ0n) is 10.6. The van der Waals surface area contributed by atoms with Gasteiger partial charge in [-0.05, 0) is 18.6 Å². The van der Waals surface area contributed by atoms with Crippen LogP contribution in [0.3, 0.4) is 0 Å². The molecule has 0 saturated carbocycles. The van der Waals surface area contributed by atoms with Gasteiger partial charge in [0.15, 0.2) is 0 Å². The Morgan fingerprint density at radius 1 is 1.41 bits per heavy atom. The molecule has 0 fully saturated rings. The molecule has 4 heteroatoms. The van der Waals surface area contributed by atoms with Crippen molar-refractivity contribution in [2.24, 2.45) is 0 Å². The molecule has 1 aromatic rings. The fourth-order valence-electron chi connectivity index (χ4n) is 1.63. The normalized spacial score (nSPS) is 11.9. The molecule has 1 rings (SSSR count). The predicted octanol–water partition coefficient (Wildman–Crippen LogP) is 1.88. The Morgan fingerprint density at radius 2 is 2.12 bits per heavy atom. The monoisotopic (exact) mass is 236 g/mol. The van der Waals surface area contributed by atoms with E-state index in [9.17, 15) is 4.79 Å². The van der Waals surface area contributed by atoms with Crippen molar-refractivity contribution in [2.75, 3.05) is 26.1 Å². The maximum Gasteiger partial charge on any atom is 0.253 e. The summed E-state index contributed by atoms with van der Waals surface area (Å²) in [6.45, 7) is 2.55. The molecule has 17 heavy (non-hydrogen) atoms. The Bertz CT molecular complexity index is 366. The van der Waals surface area contributed by atoms with E-state index in [2.05, 4.69) is 10.6 Å². The number of anilines is 1. The molecule has 0 aliphatic carbocycles. The van der Waals surface area contributed by atoms with Crippen molar-refractivity contribution < 1.29 is 9.53 Å². The zero-order valence-corrected chi connectivity index (χ0v) is 10.6. The van der Waals surface area contributed by atoms with Gasteiger partial charge in [0.25, 0.3) is 5.91 Å². The van der Waals surface area contributed by atoms with Crippen LogP contribution in [-0.2, 0) is 4.74 Å². The molecule has 0 spiro atoms. The minimum atomic E-state index is -0.0705. The SMILES string of the molecule is CCC(COC)NC(=O)c1ccccc1NC. The van der Waals surface area contributed by atoms with Crippen LogP contribution in [0, 0.1) is 0 Å². The molecular weight excluding hydrogens is 216 g/mol. The summed E-state index contributed by atoms with van der Waals surface area (Å²) in [7, 11) is 3.44. The fraction of sp³-hybridized carbons (Fsp3) is 0.462. The lowest BCUT2D eigenvalue weighted by molar-refractivity contribution is 0.0895. The summed E-state index contributed by atoms with van der Waals surface area (Å²) in [5.74, 6) is -0.0705. The molecular formula is C13H20N2O2. The van der Waals surface area contributed by atoms with Gasteiger partial charge in [0, 0.05) is 19.8 Å². The number of carbonyl (C=O) groups excluding carboxylic acids is 1. The van der Waals surface area contributed by atoms with E-state index >= 15 is 0 Å². The third-order valence-corrected chi connectivity index (χ3v) is 2.64.